The van der Waals surface area contributed by atoms with Crippen LogP contribution in [-0.2, 0) is 0 Å². The highest BCUT2D eigenvalue weighted by molar-refractivity contribution is 7.42. The molecule has 0 unspecified atom stereocenters. The minimum atomic E-state index is 1.31. The second-order valence-electron chi connectivity index (χ2n) is 9.19. The molecular weight excluding hydrogens is 486 g/mol. The number of benzene rings is 2. The van der Waals surface area contributed by atoms with Gasteiger partial charge in [-0.25, -0.2) is 0 Å². The van der Waals surface area contributed by atoms with Crippen LogP contribution in [0, 0.1) is 51.4 Å². The summed E-state index contributed by atoms with van der Waals surface area (Å²) < 4.78 is 0. The monoisotopic (exact) mass is 514 g/mol. The van der Waals surface area contributed by atoms with Crippen molar-refractivity contribution in [2.45, 2.75) is 41.5 Å². The molecule has 0 fully saturated rings. The summed E-state index contributed by atoms with van der Waals surface area (Å²) in [6, 6.07) is 13.9. The van der Waals surface area contributed by atoms with Gasteiger partial charge in [-0.2, -0.15) is 22.7 Å². The summed E-state index contributed by atoms with van der Waals surface area (Å²) in [6.07, 6.45) is 0. The van der Waals surface area contributed by atoms with Crippen molar-refractivity contribution in [2.75, 3.05) is 0 Å². The number of hydrogen-bond donors (Lipinski definition) is 0. The lowest BCUT2D eigenvalue weighted by atomic mass is 9.93. The molecule has 34 heavy (non-hydrogen) atoms. The molecule has 0 saturated heterocycles. The highest BCUT2D eigenvalue weighted by atomic mass is 32.1. The van der Waals surface area contributed by atoms with Gasteiger partial charge in [-0.3, -0.25) is 0 Å². The van der Waals surface area contributed by atoms with E-state index in [1.54, 1.807) is 22.7 Å². The zero-order valence-electron chi connectivity index (χ0n) is 20.5. The maximum Gasteiger partial charge on any atom is 0.0234 e. The fourth-order valence-corrected chi connectivity index (χ4v) is 9.07. The van der Waals surface area contributed by atoms with Crippen molar-refractivity contribution in [3.63, 3.8) is 0 Å². The van der Waals surface area contributed by atoms with Crippen molar-refractivity contribution >= 4 is 49.7 Å². The molecule has 3 aromatic carbocycles. The van der Waals surface area contributed by atoms with Gasteiger partial charge >= 0.3 is 0 Å². The molecular formula is C30H28P2S2. The van der Waals surface area contributed by atoms with E-state index in [0.29, 0.717) is 0 Å². The van der Waals surface area contributed by atoms with E-state index in [1.807, 2.05) is 0 Å². The summed E-state index contributed by atoms with van der Waals surface area (Å²) in [5.41, 5.74) is 13.8. The zero-order chi connectivity index (χ0) is 24.0. The molecule has 0 nitrogen and oxygen atoms in total. The Morgan fingerprint density at radius 2 is 0.882 bits per heavy atom. The summed E-state index contributed by atoms with van der Waals surface area (Å²) in [7, 11) is 2.63. The van der Waals surface area contributed by atoms with Crippen LogP contribution in [0.3, 0.4) is 0 Å². The highest BCUT2D eigenvalue weighted by Crippen LogP contribution is 2.45. The summed E-state index contributed by atoms with van der Waals surface area (Å²) >= 11 is 3.57. The van der Waals surface area contributed by atoms with Crippen LogP contribution in [0.25, 0.3) is 22.3 Å². The first-order chi connectivity index (χ1) is 16.3. The van der Waals surface area contributed by atoms with E-state index < -0.39 is 0 Å². The van der Waals surface area contributed by atoms with Crippen LogP contribution in [0.1, 0.15) is 33.4 Å². The Hall–Kier alpha value is -2.08. The quantitative estimate of drug-likeness (QED) is 0.210. The first kappa shape index (κ1) is 23.7. The molecule has 2 aromatic heterocycles. The normalized spacial score (nSPS) is 12.8. The van der Waals surface area contributed by atoms with E-state index in [0.717, 1.165) is 0 Å². The molecule has 0 atom stereocenters. The van der Waals surface area contributed by atoms with Gasteiger partial charge in [0.15, 0.2) is 0 Å². The number of rotatable bonds is 4. The fourth-order valence-electron chi connectivity index (χ4n) is 4.93. The molecule has 4 heteroatoms. The lowest BCUT2D eigenvalue weighted by Gasteiger charge is -2.18. The molecule has 2 heterocycles. The molecule has 0 N–H and O–H groups in total. The maximum absolute atomic E-state index is 2.33. The van der Waals surface area contributed by atoms with Gasteiger partial charge in [0, 0.05) is 31.6 Å². The Labute approximate surface area is 213 Å². The highest BCUT2D eigenvalue weighted by Gasteiger charge is 2.21. The van der Waals surface area contributed by atoms with Gasteiger partial charge in [-0.1, -0.05) is 51.8 Å². The van der Waals surface area contributed by atoms with Crippen LogP contribution in [0.4, 0.5) is 0 Å². The summed E-state index contributed by atoms with van der Waals surface area (Å²) in [6.45, 7) is 13.5. The van der Waals surface area contributed by atoms with Crippen LogP contribution in [-0.4, -0.2) is 0 Å². The van der Waals surface area contributed by atoms with Crippen molar-refractivity contribution < 1.29 is 0 Å². The van der Waals surface area contributed by atoms with Crippen molar-refractivity contribution in [3.05, 3.63) is 101 Å². The third-order valence-corrected chi connectivity index (χ3v) is 11.0. The largest absolute Gasteiger partial charge is 0.152 e. The van der Waals surface area contributed by atoms with E-state index >= 15 is 0 Å². The number of thiophene rings is 2. The molecule has 0 aliphatic rings. The molecule has 0 bridgehead atoms. The maximum atomic E-state index is 2.33. The van der Waals surface area contributed by atoms with Crippen LogP contribution in [0.15, 0.2) is 57.9 Å². The molecule has 0 aliphatic heterocycles. The fraction of sp³-hybridized carbons (Fsp3) is 0.200. The Bertz CT molecular complexity index is 1420. The second kappa shape index (κ2) is 9.52. The molecule has 0 aliphatic carbocycles. The zero-order valence-corrected chi connectivity index (χ0v) is 23.9. The third kappa shape index (κ3) is 4.34. The second-order valence-corrected chi connectivity index (χ2v) is 13.0. The van der Waals surface area contributed by atoms with E-state index in [2.05, 4.69) is 99.5 Å². The summed E-state index contributed by atoms with van der Waals surface area (Å²) in [5, 5.41) is 11.9. The molecule has 5 rings (SSSR count). The average Bonchev–Trinajstić information content (AvgIpc) is 3.45. The Morgan fingerprint density at radius 3 is 1.18 bits per heavy atom. The number of aryl methyl sites for hydroxylation is 6. The Morgan fingerprint density at radius 1 is 0.529 bits per heavy atom. The van der Waals surface area contributed by atoms with Gasteiger partial charge in [0.05, 0.1) is 0 Å². The Kier molecular flexibility index (Phi) is 6.62. The molecule has 0 amide bonds. The van der Waals surface area contributed by atoms with Crippen LogP contribution in [0.5, 0.6) is 0 Å². The summed E-state index contributed by atoms with van der Waals surface area (Å²) in [5.74, 6) is 0. The van der Waals surface area contributed by atoms with Gasteiger partial charge in [0.2, 0.25) is 0 Å². The molecule has 170 valence electrons. The van der Waals surface area contributed by atoms with E-state index in [1.165, 1.54) is 92.5 Å². The number of hydrogen-bond acceptors (Lipinski definition) is 2. The predicted octanol–water partition coefficient (Wildman–Crippen LogP) is 9.48. The van der Waals surface area contributed by atoms with E-state index in [4.69, 9.17) is 0 Å². The smallest absolute Gasteiger partial charge is 0.0234 e. The molecule has 0 saturated carbocycles. The predicted molar refractivity (Wildman–Crippen MR) is 156 cm³/mol. The van der Waals surface area contributed by atoms with Crippen LogP contribution >= 0.6 is 39.1 Å². The van der Waals surface area contributed by atoms with Crippen molar-refractivity contribution in [1.82, 2.24) is 0 Å². The van der Waals surface area contributed by atoms with Crippen molar-refractivity contribution in [1.29, 1.82) is 0 Å². The SMILES string of the molecule is Cc1cc(C)c(P=c2c(-c3ccsc3)c(-c3ccsc3)c2=Pc2c(C)cc(C)cc2C)c(C)c1. The van der Waals surface area contributed by atoms with Crippen LogP contribution < -0.4 is 10.6 Å². The van der Waals surface area contributed by atoms with Crippen LogP contribution in [0.2, 0.25) is 0 Å². The Balaban J connectivity index is 1.90. The van der Waals surface area contributed by atoms with E-state index in [9.17, 15) is 0 Å². The van der Waals surface area contributed by atoms with E-state index in [-0.39, 0.29) is 0 Å². The average molecular weight is 515 g/mol. The molecule has 0 radical (unpaired) electrons. The van der Waals surface area contributed by atoms with Gasteiger partial charge in [0.25, 0.3) is 0 Å². The molecule has 5 aromatic rings. The minimum absolute atomic E-state index is 1.31. The standard InChI is InChI=1S/C30H28P2S2/c1-17-11-19(3)27(20(4)12-17)31-29-25(23-7-9-33-15-23)26(24-8-10-34-16-24)30(29)32-28-21(5)13-18(2)14-22(28)6/h7-16H,1-6H3. The molecule has 0 spiro atoms. The van der Waals surface area contributed by atoms with Gasteiger partial charge < -0.3 is 0 Å². The lowest BCUT2D eigenvalue weighted by molar-refractivity contribution is 1.35. The lowest BCUT2D eigenvalue weighted by Crippen LogP contribution is -2.06. The third-order valence-electron chi connectivity index (χ3n) is 6.29. The summed E-state index contributed by atoms with van der Waals surface area (Å²) in [4.78, 5) is 2.96. The van der Waals surface area contributed by atoms with Gasteiger partial charge in [-0.15, -0.1) is 0 Å². The minimum Gasteiger partial charge on any atom is -0.152 e. The van der Waals surface area contributed by atoms with Crippen molar-refractivity contribution in [2.24, 2.45) is 0 Å². The van der Waals surface area contributed by atoms with Crippen molar-refractivity contribution in [3.8, 4) is 22.3 Å². The topological polar surface area (TPSA) is 0 Å². The first-order valence-corrected chi connectivity index (χ1v) is 15.1. The first-order valence-electron chi connectivity index (χ1n) is 11.5. The van der Waals surface area contributed by atoms with Gasteiger partial charge in [-0.05, 0) is 109 Å². The van der Waals surface area contributed by atoms with Gasteiger partial charge in [0.1, 0.15) is 0 Å².